The Morgan fingerprint density at radius 2 is 0.500 bits per heavy atom. The van der Waals surface area contributed by atoms with Crippen LogP contribution in [0.2, 0.25) is 0 Å². The summed E-state index contributed by atoms with van der Waals surface area (Å²) < 4.78 is 0. The second-order valence-electron chi connectivity index (χ2n) is 7.50. The molecule has 0 nitrogen and oxygen atoms in total. The Kier molecular flexibility index (Phi) is 14.1. The SMILES string of the molecule is C[C-]=C(C)C.C[C]1[C](C)[C](C)[C](C)[C]1C.C[C]1[C](C)[C](C)[C](C)[C]1C.[Ti]. The van der Waals surface area contributed by atoms with E-state index in [4.69, 9.17) is 0 Å². The Bertz CT molecular complexity index is 275. The summed E-state index contributed by atoms with van der Waals surface area (Å²) in [7, 11) is 0. The van der Waals surface area contributed by atoms with E-state index < -0.39 is 0 Å². The van der Waals surface area contributed by atoms with E-state index in [2.05, 4.69) is 75.3 Å². The first-order valence-electron chi connectivity index (χ1n) is 9.25. The van der Waals surface area contributed by atoms with Crippen LogP contribution >= 0.6 is 0 Å². The molecule has 0 N–H and O–H groups in total. The molecule has 2 aliphatic carbocycles. The van der Waals surface area contributed by atoms with Gasteiger partial charge < -0.3 is 6.08 Å². The van der Waals surface area contributed by atoms with Crippen molar-refractivity contribution in [3.05, 3.63) is 70.8 Å². The molecule has 2 rings (SSSR count). The molecule has 0 aromatic carbocycles. The molecule has 2 fully saturated rings. The van der Waals surface area contributed by atoms with Crippen molar-refractivity contribution in [1.82, 2.24) is 0 Å². The van der Waals surface area contributed by atoms with Gasteiger partial charge in [0.2, 0.25) is 0 Å². The van der Waals surface area contributed by atoms with E-state index in [9.17, 15) is 0 Å². The maximum atomic E-state index is 2.94. The summed E-state index contributed by atoms with van der Waals surface area (Å²) in [6.45, 7) is 28.0. The molecule has 0 aliphatic heterocycles. The predicted molar refractivity (Wildman–Crippen MR) is 113 cm³/mol. The van der Waals surface area contributed by atoms with Gasteiger partial charge in [0.25, 0.3) is 0 Å². The first-order valence-corrected chi connectivity index (χ1v) is 9.25. The molecule has 2 saturated carbocycles. The average molecular weight is 387 g/mol. The molecule has 26 heavy (non-hydrogen) atoms. The van der Waals surface area contributed by atoms with Gasteiger partial charge in [0.1, 0.15) is 0 Å². The molecular formula is C25H39Ti-. The second kappa shape index (κ2) is 12.8. The first kappa shape index (κ1) is 28.7. The Balaban J connectivity index is 0. The molecule has 0 atom stereocenters. The van der Waals surface area contributed by atoms with Crippen LogP contribution < -0.4 is 0 Å². The standard InChI is InChI=1S/2C10H15.C5H9.Ti/c2*1-6-7(2)9(4)10(5)8(6)3;1-4-5(2)3;/h2*1-5H3;1-3H3;/q;;-1;. The molecule has 2 aliphatic rings. The summed E-state index contributed by atoms with van der Waals surface area (Å²) in [5.74, 6) is 14.7. The summed E-state index contributed by atoms with van der Waals surface area (Å²) >= 11 is 0. The topological polar surface area (TPSA) is 0 Å². The van der Waals surface area contributed by atoms with Crippen LogP contribution in [0.3, 0.4) is 0 Å². The third kappa shape index (κ3) is 7.46. The van der Waals surface area contributed by atoms with E-state index in [0.717, 1.165) is 0 Å². The van der Waals surface area contributed by atoms with Crippen LogP contribution in [0.1, 0.15) is 90.0 Å². The van der Waals surface area contributed by atoms with Crippen molar-refractivity contribution < 1.29 is 21.7 Å². The van der Waals surface area contributed by atoms with Gasteiger partial charge in [-0.3, -0.25) is 5.57 Å². The van der Waals surface area contributed by atoms with E-state index in [1.165, 1.54) is 64.8 Å². The molecule has 0 saturated heterocycles. The largest absolute Gasteiger partial charge is 0.501 e. The Morgan fingerprint density at radius 3 is 0.538 bits per heavy atom. The molecule has 0 spiro atoms. The molecule has 0 amide bonds. The van der Waals surface area contributed by atoms with Crippen molar-refractivity contribution in [3.63, 3.8) is 0 Å². The molecular weight excluding hydrogens is 348 g/mol. The summed E-state index contributed by atoms with van der Waals surface area (Å²) in [5, 5.41) is 0. The minimum Gasteiger partial charge on any atom is -0.501 e. The van der Waals surface area contributed by atoms with Crippen molar-refractivity contribution in [2.45, 2.75) is 90.0 Å². The molecule has 10 radical (unpaired) electrons. The fourth-order valence-electron chi connectivity index (χ4n) is 2.81. The second-order valence-corrected chi connectivity index (χ2v) is 7.50. The van der Waals surface area contributed by atoms with Crippen LogP contribution in [0.5, 0.6) is 0 Å². The number of hydrogen-bond donors (Lipinski definition) is 0. The van der Waals surface area contributed by atoms with Crippen LogP contribution in [0.4, 0.5) is 0 Å². The third-order valence-electron chi connectivity index (χ3n) is 6.12. The van der Waals surface area contributed by atoms with Crippen LogP contribution in [0.15, 0.2) is 5.57 Å². The molecule has 0 heterocycles. The Hall–Kier alpha value is 0.454. The molecule has 0 bridgehead atoms. The number of hydrogen-bond acceptors (Lipinski definition) is 0. The van der Waals surface area contributed by atoms with Gasteiger partial charge in [-0.1, -0.05) is 83.1 Å². The minimum atomic E-state index is 0. The number of rotatable bonds is 0. The van der Waals surface area contributed by atoms with Gasteiger partial charge in [0.15, 0.2) is 0 Å². The van der Waals surface area contributed by atoms with E-state index in [0.29, 0.717) is 0 Å². The van der Waals surface area contributed by atoms with Gasteiger partial charge in [-0.25, -0.2) is 0 Å². The number of allylic oxidation sites excluding steroid dienone is 2. The van der Waals surface area contributed by atoms with Crippen molar-refractivity contribution >= 4 is 0 Å². The normalized spacial score (nSPS) is 23.3. The molecule has 0 unspecified atom stereocenters. The maximum absolute atomic E-state index is 2.94. The zero-order chi connectivity index (χ0) is 20.1. The molecule has 1 heteroatoms. The predicted octanol–water partition coefficient (Wildman–Crippen LogP) is 7.72. The zero-order valence-corrected chi connectivity index (χ0v) is 21.1. The average Bonchev–Trinajstić information content (AvgIpc) is 2.86. The first-order chi connectivity index (χ1) is 11.4. The van der Waals surface area contributed by atoms with Gasteiger partial charge in [0.05, 0.1) is 0 Å². The summed E-state index contributed by atoms with van der Waals surface area (Å²) in [6, 6.07) is 0. The quantitative estimate of drug-likeness (QED) is 0.295. The maximum Gasteiger partial charge on any atom is 0 e. The Labute approximate surface area is 182 Å². The summed E-state index contributed by atoms with van der Waals surface area (Å²) in [6.07, 6.45) is 2.94. The smallest absolute Gasteiger partial charge is 0 e. The molecule has 0 aromatic heterocycles. The van der Waals surface area contributed by atoms with Crippen molar-refractivity contribution in [3.8, 4) is 0 Å². The van der Waals surface area contributed by atoms with Crippen molar-refractivity contribution in [1.29, 1.82) is 0 Å². The van der Waals surface area contributed by atoms with Gasteiger partial charge in [-0.15, -0.1) is 0 Å². The van der Waals surface area contributed by atoms with Gasteiger partial charge in [0, 0.05) is 21.7 Å². The fourth-order valence-corrected chi connectivity index (χ4v) is 2.81. The van der Waals surface area contributed by atoms with Crippen LogP contribution in [0, 0.1) is 65.3 Å². The monoisotopic (exact) mass is 387 g/mol. The minimum absolute atomic E-state index is 0. The van der Waals surface area contributed by atoms with E-state index in [1.54, 1.807) is 0 Å². The summed E-state index contributed by atoms with van der Waals surface area (Å²) in [4.78, 5) is 0. The molecule has 0 aromatic rings. The van der Waals surface area contributed by atoms with Gasteiger partial charge in [-0.2, -0.15) is 6.92 Å². The van der Waals surface area contributed by atoms with Gasteiger partial charge >= 0.3 is 0 Å². The molecule has 144 valence electrons. The van der Waals surface area contributed by atoms with Crippen molar-refractivity contribution in [2.24, 2.45) is 0 Å². The van der Waals surface area contributed by atoms with Crippen molar-refractivity contribution in [2.75, 3.05) is 0 Å². The van der Waals surface area contributed by atoms with E-state index in [-0.39, 0.29) is 21.7 Å². The van der Waals surface area contributed by atoms with Crippen LogP contribution in [-0.4, -0.2) is 0 Å². The van der Waals surface area contributed by atoms with Crippen LogP contribution in [-0.2, 0) is 21.7 Å². The van der Waals surface area contributed by atoms with E-state index in [1.807, 2.05) is 20.8 Å². The summed E-state index contributed by atoms with van der Waals surface area (Å²) in [5.41, 5.74) is 1.25. The Morgan fingerprint density at radius 1 is 0.423 bits per heavy atom. The zero-order valence-electron chi connectivity index (χ0n) is 19.5. The van der Waals surface area contributed by atoms with Crippen LogP contribution in [0.25, 0.3) is 0 Å². The van der Waals surface area contributed by atoms with Gasteiger partial charge in [-0.05, 0) is 59.2 Å². The third-order valence-corrected chi connectivity index (χ3v) is 6.12. The fraction of sp³-hybridized carbons (Fsp3) is 0.520. The van der Waals surface area contributed by atoms with E-state index >= 15 is 0 Å².